The fraction of sp³-hybridized carbons (Fsp3) is 0.176. The van der Waals surface area contributed by atoms with Gasteiger partial charge in [-0.3, -0.25) is 5.32 Å². The molecule has 1 aromatic carbocycles. The van der Waals surface area contributed by atoms with Gasteiger partial charge in [0.05, 0.1) is 16.9 Å². The molecule has 0 unspecified atom stereocenters. The summed E-state index contributed by atoms with van der Waals surface area (Å²) in [6.45, 7) is 4.33. The normalized spacial score (nSPS) is 10.5. The zero-order chi connectivity index (χ0) is 17.8. The third kappa shape index (κ3) is 3.95. The molecule has 0 aliphatic carbocycles. The molecule has 2 aromatic heterocycles. The first-order chi connectivity index (χ1) is 12.1. The predicted octanol–water partition coefficient (Wildman–Crippen LogP) is 3.87. The summed E-state index contributed by atoms with van der Waals surface area (Å²) >= 11 is 6.23. The summed E-state index contributed by atoms with van der Waals surface area (Å²) in [6, 6.07) is 8.76. The maximum atomic E-state index is 11.6. The van der Waals surface area contributed by atoms with Crippen LogP contribution in [0.3, 0.4) is 0 Å². The van der Waals surface area contributed by atoms with Crippen molar-refractivity contribution in [3.63, 3.8) is 0 Å². The second kappa shape index (κ2) is 7.31. The minimum absolute atomic E-state index is 0.316. The highest BCUT2D eigenvalue weighted by atomic mass is 35.5. The quantitative estimate of drug-likeness (QED) is 0.660. The molecule has 0 aliphatic rings. The van der Waals surface area contributed by atoms with E-state index in [0.29, 0.717) is 34.4 Å². The zero-order valence-corrected chi connectivity index (χ0v) is 14.6. The van der Waals surface area contributed by atoms with Gasteiger partial charge in [0.15, 0.2) is 11.5 Å². The molecule has 0 radical (unpaired) electrons. The van der Waals surface area contributed by atoms with Crippen LogP contribution in [0.2, 0.25) is 5.02 Å². The lowest BCUT2D eigenvalue weighted by Crippen LogP contribution is -2.28. The van der Waals surface area contributed by atoms with E-state index in [-0.39, 0.29) is 6.03 Å². The molecule has 128 valence electrons. The first-order valence-electron chi connectivity index (χ1n) is 7.77. The lowest BCUT2D eigenvalue weighted by Gasteiger charge is -2.11. The van der Waals surface area contributed by atoms with Gasteiger partial charge < -0.3 is 10.6 Å². The first-order valence-corrected chi connectivity index (χ1v) is 8.15. The van der Waals surface area contributed by atoms with Gasteiger partial charge in [-0.25, -0.2) is 19.7 Å². The van der Waals surface area contributed by atoms with Gasteiger partial charge in [-0.2, -0.15) is 0 Å². The molecule has 0 atom stereocenters. The van der Waals surface area contributed by atoms with Gasteiger partial charge in [0, 0.05) is 6.54 Å². The Morgan fingerprint density at radius 1 is 1.16 bits per heavy atom. The van der Waals surface area contributed by atoms with Gasteiger partial charge in [-0.1, -0.05) is 23.7 Å². The van der Waals surface area contributed by atoms with E-state index < -0.39 is 0 Å². The number of anilines is 3. The summed E-state index contributed by atoms with van der Waals surface area (Å²) in [7, 11) is 0. The fourth-order valence-electron chi connectivity index (χ4n) is 2.27. The molecule has 8 heteroatoms. The third-order valence-corrected chi connectivity index (χ3v) is 3.78. The molecular weight excluding hydrogens is 340 g/mol. The highest BCUT2D eigenvalue weighted by Crippen LogP contribution is 2.28. The first kappa shape index (κ1) is 16.9. The van der Waals surface area contributed by atoms with E-state index in [1.165, 1.54) is 0 Å². The average molecular weight is 357 g/mol. The molecular formula is C17H17ClN6O. The molecule has 0 spiro atoms. The predicted molar refractivity (Wildman–Crippen MR) is 99.5 cm³/mol. The number of rotatable bonds is 4. The van der Waals surface area contributed by atoms with Crippen molar-refractivity contribution in [1.82, 2.24) is 20.3 Å². The minimum Gasteiger partial charge on any atom is -0.338 e. The monoisotopic (exact) mass is 356 g/mol. The maximum Gasteiger partial charge on any atom is 0.320 e. The number of carbonyl (C=O) groups excluding carboxylic acids is 1. The molecule has 25 heavy (non-hydrogen) atoms. The summed E-state index contributed by atoms with van der Waals surface area (Å²) in [4.78, 5) is 24.7. The van der Waals surface area contributed by atoms with Crippen molar-refractivity contribution in [1.29, 1.82) is 0 Å². The number of aryl methyl sites for hydroxylation is 1. The number of urea groups is 1. The molecule has 0 saturated carbocycles. The highest BCUT2D eigenvalue weighted by molar-refractivity contribution is 6.33. The Bertz CT molecular complexity index is 910. The topological polar surface area (TPSA) is 91.8 Å². The standard InChI is InChI=1S/C17H17ClN6O/c1-3-19-17(25)24-13-8-7-12-16(22-13)23-14(9-20-12)21-15-10(2)5-4-6-11(15)18/h4-9H,3H2,1-2H3,(H3,19,21,22,23,24,25). The van der Waals surface area contributed by atoms with Gasteiger partial charge in [-0.05, 0) is 37.6 Å². The molecule has 0 bridgehead atoms. The van der Waals surface area contributed by atoms with E-state index in [4.69, 9.17) is 11.6 Å². The summed E-state index contributed by atoms with van der Waals surface area (Å²) in [5, 5.41) is 9.06. The number of fused-ring (bicyclic) bond motifs is 1. The second-order valence-electron chi connectivity index (χ2n) is 5.34. The SMILES string of the molecule is CCNC(=O)Nc1ccc2ncc(Nc3c(C)cccc3Cl)nc2n1. The Balaban J connectivity index is 1.89. The van der Waals surface area contributed by atoms with Gasteiger partial charge >= 0.3 is 6.03 Å². The van der Waals surface area contributed by atoms with Crippen LogP contribution in [0.25, 0.3) is 11.2 Å². The highest BCUT2D eigenvalue weighted by Gasteiger charge is 2.08. The second-order valence-corrected chi connectivity index (χ2v) is 5.74. The number of aromatic nitrogens is 3. The molecule has 3 N–H and O–H groups in total. The smallest absolute Gasteiger partial charge is 0.320 e. The average Bonchev–Trinajstić information content (AvgIpc) is 2.58. The molecule has 2 heterocycles. The van der Waals surface area contributed by atoms with Crippen LogP contribution in [-0.4, -0.2) is 27.5 Å². The number of halogens is 1. The van der Waals surface area contributed by atoms with E-state index in [1.54, 1.807) is 24.4 Å². The van der Waals surface area contributed by atoms with Gasteiger partial charge in [0.25, 0.3) is 0 Å². The van der Waals surface area contributed by atoms with E-state index in [1.807, 2.05) is 26.0 Å². The fourth-order valence-corrected chi connectivity index (χ4v) is 2.54. The van der Waals surface area contributed by atoms with E-state index >= 15 is 0 Å². The van der Waals surface area contributed by atoms with Crippen LogP contribution in [0.15, 0.2) is 36.5 Å². The number of amides is 2. The number of hydrogen-bond acceptors (Lipinski definition) is 5. The summed E-state index contributed by atoms with van der Waals surface area (Å²) < 4.78 is 0. The zero-order valence-electron chi connectivity index (χ0n) is 13.8. The van der Waals surface area contributed by atoms with Crippen molar-refractivity contribution in [2.24, 2.45) is 0 Å². The maximum absolute atomic E-state index is 11.6. The molecule has 3 rings (SSSR count). The van der Waals surface area contributed by atoms with Crippen LogP contribution in [0.5, 0.6) is 0 Å². The molecule has 2 amide bonds. The number of benzene rings is 1. The van der Waals surface area contributed by atoms with Crippen molar-refractivity contribution in [2.75, 3.05) is 17.2 Å². The lowest BCUT2D eigenvalue weighted by molar-refractivity contribution is 0.252. The van der Waals surface area contributed by atoms with Crippen LogP contribution >= 0.6 is 11.6 Å². The Hall–Kier alpha value is -2.93. The lowest BCUT2D eigenvalue weighted by atomic mass is 10.2. The number of carbonyl (C=O) groups is 1. The van der Waals surface area contributed by atoms with E-state index in [2.05, 4.69) is 30.9 Å². The number of para-hydroxylation sites is 1. The Morgan fingerprint density at radius 3 is 2.72 bits per heavy atom. The van der Waals surface area contributed by atoms with Crippen molar-refractivity contribution in [3.8, 4) is 0 Å². The van der Waals surface area contributed by atoms with Crippen LogP contribution in [0.4, 0.5) is 22.1 Å². The van der Waals surface area contributed by atoms with Gasteiger partial charge in [0.1, 0.15) is 11.3 Å². The molecule has 0 fully saturated rings. The van der Waals surface area contributed by atoms with E-state index in [0.717, 1.165) is 11.3 Å². The van der Waals surface area contributed by atoms with Crippen molar-refractivity contribution >= 4 is 46.1 Å². The minimum atomic E-state index is -0.316. The number of hydrogen-bond donors (Lipinski definition) is 3. The summed E-state index contributed by atoms with van der Waals surface area (Å²) in [6.07, 6.45) is 1.61. The van der Waals surface area contributed by atoms with Gasteiger partial charge in [-0.15, -0.1) is 0 Å². The molecule has 0 aliphatic heterocycles. The number of nitrogens with zero attached hydrogens (tertiary/aromatic N) is 3. The van der Waals surface area contributed by atoms with Crippen LogP contribution in [0, 0.1) is 6.92 Å². The van der Waals surface area contributed by atoms with Crippen LogP contribution in [0.1, 0.15) is 12.5 Å². The number of nitrogens with one attached hydrogen (secondary N) is 3. The largest absolute Gasteiger partial charge is 0.338 e. The van der Waals surface area contributed by atoms with E-state index in [9.17, 15) is 4.79 Å². The van der Waals surface area contributed by atoms with Crippen LogP contribution in [-0.2, 0) is 0 Å². The van der Waals surface area contributed by atoms with Crippen molar-refractivity contribution in [3.05, 3.63) is 47.1 Å². The molecule has 3 aromatic rings. The summed E-state index contributed by atoms with van der Waals surface area (Å²) in [5.74, 6) is 0.921. The third-order valence-electron chi connectivity index (χ3n) is 3.46. The molecule has 0 saturated heterocycles. The Kier molecular flexibility index (Phi) is 4.95. The number of pyridine rings is 1. The Morgan fingerprint density at radius 2 is 1.96 bits per heavy atom. The molecule has 7 nitrogen and oxygen atoms in total. The van der Waals surface area contributed by atoms with Crippen molar-refractivity contribution in [2.45, 2.75) is 13.8 Å². The van der Waals surface area contributed by atoms with Gasteiger partial charge in [0.2, 0.25) is 0 Å². The Labute approximate surface area is 149 Å². The summed E-state index contributed by atoms with van der Waals surface area (Å²) in [5.41, 5.74) is 2.82. The van der Waals surface area contributed by atoms with Crippen molar-refractivity contribution < 1.29 is 4.79 Å². The van der Waals surface area contributed by atoms with Crippen LogP contribution < -0.4 is 16.0 Å².